The summed E-state index contributed by atoms with van der Waals surface area (Å²) in [6.45, 7) is 4.26. The first-order valence-corrected chi connectivity index (χ1v) is 8.66. The molecule has 2 heteroatoms. The molecule has 3 rings (SSSR count). The topological polar surface area (TPSA) is 0 Å². The van der Waals surface area contributed by atoms with E-state index >= 15 is 0 Å². The highest BCUT2D eigenvalue weighted by Gasteiger charge is 2.21. The van der Waals surface area contributed by atoms with E-state index in [-0.39, 0.29) is 11.6 Å². The second-order valence-corrected chi connectivity index (χ2v) is 6.86. The molecule has 0 atom stereocenters. The largest absolute Gasteiger partial charge is 0.206 e. The minimum atomic E-state index is -0.345. The third kappa shape index (κ3) is 3.46. The molecule has 0 aliphatic heterocycles. The van der Waals surface area contributed by atoms with E-state index in [0.29, 0.717) is 17.0 Å². The van der Waals surface area contributed by atoms with Gasteiger partial charge >= 0.3 is 0 Å². The monoisotopic (exact) mass is 314 g/mol. The molecule has 0 saturated heterocycles. The Hall–Kier alpha value is -1.70. The van der Waals surface area contributed by atoms with Gasteiger partial charge in [0, 0.05) is 11.1 Å². The molecule has 0 unspecified atom stereocenters. The quantitative estimate of drug-likeness (QED) is 0.607. The van der Waals surface area contributed by atoms with Gasteiger partial charge in [-0.15, -0.1) is 0 Å². The summed E-state index contributed by atoms with van der Waals surface area (Å²) in [7, 11) is 0. The maximum absolute atomic E-state index is 14.6. The van der Waals surface area contributed by atoms with Crippen LogP contribution in [-0.4, -0.2) is 0 Å². The summed E-state index contributed by atoms with van der Waals surface area (Å²) in [5.74, 6) is 0.565. The third-order valence-electron chi connectivity index (χ3n) is 5.21. The predicted molar refractivity (Wildman–Crippen MR) is 91.5 cm³/mol. The van der Waals surface area contributed by atoms with E-state index in [1.54, 1.807) is 18.2 Å². The van der Waals surface area contributed by atoms with Gasteiger partial charge in [-0.3, -0.25) is 0 Å². The maximum Gasteiger partial charge on any atom is 0.131 e. The van der Waals surface area contributed by atoms with Gasteiger partial charge in [-0.25, -0.2) is 8.78 Å². The van der Waals surface area contributed by atoms with Gasteiger partial charge in [0.25, 0.3) is 0 Å². The summed E-state index contributed by atoms with van der Waals surface area (Å²) in [5.41, 5.74) is 2.70. The van der Waals surface area contributed by atoms with Crippen LogP contribution in [0.4, 0.5) is 8.78 Å². The number of rotatable bonds is 3. The van der Waals surface area contributed by atoms with Crippen LogP contribution in [-0.2, 0) is 6.42 Å². The zero-order valence-electron chi connectivity index (χ0n) is 13.9. The summed E-state index contributed by atoms with van der Waals surface area (Å²) in [6, 6.07) is 10.4. The summed E-state index contributed by atoms with van der Waals surface area (Å²) in [4.78, 5) is 0. The fourth-order valence-electron chi connectivity index (χ4n) is 3.59. The van der Waals surface area contributed by atoms with Gasteiger partial charge in [-0.1, -0.05) is 51.0 Å². The molecule has 1 aliphatic carbocycles. The van der Waals surface area contributed by atoms with Crippen LogP contribution < -0.4 is 0 Å². The molecule has 0 bridgehead atoms. The lowest BCUT2D eigenvalue weighted by molar-refractivity contribution is 0.347. The van der Waals surface area contributed by atoms with E-state index in [4.69, 9.17) is 0 Å². The molecular weight excluding hydrogens is 290 g/mol. The second-order valence-electron chi connectivity index (χ2n) is 6.86. The van der Waals surface area contributed by atoms with Crippen molar-refractivity contribution in [2.75, 3.05) is 0 Å². The van der Waals surface area contributed by atoms with E-state index in [1.807, 2.05) is 19.1 Å². The van der Waals surface area contributed by atoms with Gasteiger partial charge in [0.1, 0.15) is 11.6 Å². The van der Waals surface area contributed by atoms with Crippen molar-refractivity contribution in [3.05, 3.63) is 59.2 Å². The Morgan fingerprint density at radius 2 is 1.48 bits per heavy atom. The predicted octanol–water partition coefficient (Wildman–Crippen LogP) is 6.49. The maximum atomic E-state index is 14.6. The number of hydrogen-bond donors (Lipinski definition) is 0. The van der Waals surface area contributed by atoms with Crippen molar-refractivity contribution in [3.63, 3.8) is 0 Å². The van der Waals surface area contributed by atoms with Crippen molar-refractivity contribution in [2.45, 2.75) is 51.9 Å². The lowest BCUT2D eigenvalue weighted by atomic mass is 9.79. The molecule has 2 aromatic rings. The molecule has 0 spiro atoms. The smallest absolute Gasteiger partial charge is 0.131 e. The molecule has 0 nitrogen and oxygen atoms in total. The Labute approximate surface area is 137 Å². The first-order valence-electron chi connectivity index (χ1n) is 8.66. The first kappa shape index (κ1) is 16.2. The Kier molecular flexibility index (Phi) is 4.79. The summed E-state index contributed by atoms with van der Waals surface area (Å²) < 4.78 is 28.8. The summed E-state index contributed by atoms with van der Waals surface area (Å²) >= 11 is 0. The molecule has 1 saturated carbocycles. The minimum Gasteiger partial charge on any atom is -0.206 e. The fourth-order valence-corrected chi connectivity index (χ4v) is 3.59. The van der Waals surface area contributed by atoms with Crippen molar-refractivity contribution in [3.8, 4) is 11.1 Å². The highest BCUT2D eigenvalue weighted by atomic mass is 19.1. The van der Waals surface area contributed by atoms with Crippen LogP contribution in [0.5, 0.6) is 0 Å². The van der Waals surface area contributed by atoms with Gasteiger partial charge in [-0.05, 0) is 54.4 Å². The van der Waals surface area contributed by atoms with Gasteiger partial charge in [-0.2, -0.15) is 0 Å². The molecule has 0 aromatic heterocycles. The van der Waals surface area contributed by atoms with Crippen molar-refractivity contribution >= 4 is 0 Å². The van der Waals surface area contributed by atoms with Gasteiger partial charge in [0.05, 0.1) is 0 Å². The lowest BCUT2D eigenvalue weighted by Gasteiger charge is -2.26. The van der Waals surface area contributed by atoms with E-state index < -0.39 is 0 Å². The van der Waals surface area contributed by atoms with Crippen molar-refractivity contribution in [2.24, 2.45) is 5.92 Å². The van der Waals surface area contributed by atoms with E-state index in [1.165, 1.54) is 18.9 Å². The molecule has 1 aliphatic rings. The molecular formula is C21H24F2. The zero-order valence-corrected chi connectivity index (χ0v) is 13.9. The van der Waals surface area contributed by atoms with Gasteiger partial charge in [0.2, 0.25) is 0 Å². The van der Waals surface area contributed by atoms with Crippen molar-refractivity contribution in [1.82, 2.24) is 0 Å². The van der Waals surface area contributed by atoms with Crippen LogP contribution in [0.2, 0.25) is 0 Å². The molecule has 0 radical (unpaired) electrons. The van der Waals surface area contributed by atoms with E-state index in [0.717, 1.165) is 36.3 Å². The lowest BCUT2D eigenvalue weighted by Crippen LogP contribution is -2.11. The van der Waals surface area contributed by atoms with Crippen LogP contribution in [0.15, 0.2) is 36.4 Å². The van der Waals surface area contributed by atoms with Crippen LogP contribution in [0.3, 0.4) is 0 Å². The fraction of sp³-hybridized carbons (Fsp3) is 0.429. The van der Waals surface area contributed by atoms with Crippen LogP contribution in [0.1, 0.15) is 56.6 Å². The normalized spacial score (nSPS) is 21.4. The summed E-state index contributed by atoms with van der Waals surface area (Å²) in [6.07, 6.45) is 5.44. The molecule has 0 amide bonds. The highest BCUT2D eigenvalue weighted by molar-refractivity contribution is 5.65. The highest BCUT2D eigenvalue weighted by Crippen LogP contribution is 2.37. The molecule has 1 fully saturated rings. The van der Waals surface area contributed by atoms with E-state index in [2.05, 4.69) is 6.92 Å². The average molecular weight is 314 g/mol. The Balaban J connectivity index is 1.88. The Morgan fingerprint density at radius 1 is 0.870 bits per heavy atom. The zero-order chi connectivity index (χ0) is 16.4. The number of halogens is 2. The molecule has 0 heterocycles. The van der Waals surface area contributed by atoms with Crippen LogP contribution >= 0.6 is 0 Å². The second kappa shape index (κ2) is 6.82. The number of benzene rings is 2. The van der Waals surface area contributed by atoms with Crippen molar-refractivity contribution < 1.29 is 8.78 Å². The number of hydrogen-bond acceptors (Lipinski definition) is 0. The van der Waals surface area contributed by atoms with Gasteiger partial charge in [0.15, 0.2) is 0 Å². The Morgan fingerprint density at radius 3 is 2.04 bits per heavy atom. The van der Waals surface area contributed by atoms with Crippen LogP contribution in [0.25, 0.3) is 11.1 Å². The molecule has 2 aromatic carbocycles. The molecule has 0 N–H and O–H groups in total. The van der Waals surface area contributed by atoms with E-state index in [9.17, 15) is 8.78 Å². The SMILES string of the molecule is CCc1ccc(-c2ccc(C3CCC(C)CC3)cc2F)c(F)c1. The standard InChI is InChI=1S/C21H24F2/c1-3-15-6-10-18(20(22)12-15)19-11-9-17(13-21(19)23)16-7-4-14(2)5-8-16/h6,9-14,16H,3-5,7-8H2,1-2H3. The summed E-state index contributed by atoms with van der Waals surface area (Å²) in [5, 5.41) is 0. The van der Waals surface area contributed by atoms with Crippen molar-refractivity contribution in [1.29, 1.82) is 0 Å². The molecule has 122 valence electrons. The van der Waals surface area contributed by atoms with Gasteiger partial charge < -0.3 is 0 Å². The first-order chi connectivity index (χ1) is 11.1. The Bertz CT molecular complexity index is 682. The minimum absolute atomic E-state index is 0.315. The molecule has 23 heavy (non-hydrogen) atoms. The average Bonchev–Trinajstić information content (AvgIpc) is 2.56. The third-order valence-corrected chi connectivity index (χ3v) is 5.21. The number of aryl methyl sites for hydroxylation is 1. The van der Waals surface area contributed by atoms with Crippen LogP contribution in [0, 0.1) is 17.6 Å².